The molecule has 18 heavy (non-hydrogen) atoms. The monoisotopic (exact) mass is 251 g/mol. The molecule has 3 aliphatic rings. The first-order valence-electron chi connectivity index (χ1n) is 8.26. The smallest absolute Gasteiger partial charge is 0.0576 e. The molecule has 2 heteroatoms. The van der Waals surface area contributed by atoms with E-state index in [-0.39, 0.29) is 0 Å². The molecule has 0 aromatic rings. The highest BCUT2D eigenvalue weighted by Gasteiger charge is 2.44. The second kappa shape index (κ2) is 5.92. The molecule has 3 fully saturated rings. The summed E-state index contributed by atoms with van der Waals surface area (Å²) >= 11 is 0. The summed E-state index contributed by atoms with van der Waals surface area (Å²) in [5, 5.41) is 3.94. The van der Waals surface area contributed by atoms with Crippen LogP contribution in [0.25, 0.3) is 0 Å². The average molecular weight is 251 g/mol. The van der Waals surface area contributed by atoms with Gasteiger partial charge in [0, 0.05) is 12.1 Å². The highest BCUT2D eigenvalue weighted by atomic mass is 16.5. The molecule has 104 valence electrons. The highest BCUT2D eigenvalue weighted by Crippen LogP contribution is 2.46. The molecule has 0 radical (unpaired) electrons. The van der Waals surface area contributed by atoms with Crippen LogP contribution in [0.2, 0.25) is 0 Å². The fourth-order valence-electron chi connectivity index (χ4n) is 4.09. The summed E-state index contributed by atoms with van der Waals surface area (Å²) in [6.07, 6.45) is 15.9. The van der Waals surface area contributed by atoms with Gasteiger partial charge in [0.1, 0.15) is 0 Å². The fraction of sp³-hybridized carbons (Fsp3) is 1.00. The van der Waals surface area contributed by atoms with Gasteiger partial charge in [-0.15, -0.1) is 0 Å². The summed E-state index contributed by atoms with van der Waals surface area (Å²) in [5.41, 5.74) is 0.523. The molecule has 0 amide bonds. The molecule has 2 heterocycles. The highest BCUT2D eigenvalue weighted by molar-refractivity contribution is 5.01. The van der Waals surface area contributed by atoms with E-state index in [1.807, 2.05) is 0 Å². The lowest BCUT2D eigenvalue weighted by atomic mass is 9.83. The first kappa shape index (κ1) is 12.9. The van der Waals surface area contributed by atoms with Gasteiger partial charge < -0.3 is 10.1 Å². The third-order valence-electron chi connectivity index (χ3n) is 5.31. The number of hydrogen-bond donors (Lipinski definition) is 1. The number of hydrogen-bond acceptors (Lipinski definition) is 2. The number of rotatable bonds is 5. The predicted molar refractivity (Wildman–Crippen MR) is 74.8 cm³/mol. The van der Waals surface area contributed by atoms with Crippen molar-refractivity contribution in [3.63, 3.8) is 0 Å². The lowest BCUT2D eigenvalue weighted by molar-refractivity contribution is 0.0978. The van der Waals surface area contributed by atoms with Gasteiger partial charge in [-0.2, -0.15) is 0 Å². The molecule has 2 atom stereocenters. The van der Waals surface area contributed by atoms with E-state index in [2.05, 4.69) is 5.32 Å². The van der Waals surface area contributed by atoms with Gasteiger partial charge in [-0.25, -0.2) is 0 Å². The number of nitrogens with one attached hydrogen (secondary N) is 1. The molecular weight excluding hydrogens is 222 g/mol. The first-order valence-corrected chi connectivity index (χ1v) is 8.26. The van der Waals surface area contributed by atoms with Crippen molar-refractivity contribution in [1.82, 2.24) is 5.32 Å². The summed E-state index contributed by atoms with van der Waals surface area (Å²) in [7, 11) is 0. The maximum Gasteiger partial charge on any atom is 0.0576 e. The van der Waals surface area contributed by atoms with E-state index in [0.29, 0.717) is 11.6 Å². The number of ether oxygens (including phenoxy) is 1. The summed E-state index contributed by atoms with van der Waals surface area (Å²) < 4.78 is 5.76. The molecule has 1 N–H and O–H groups in total. The molecular formula is C16H29NO. The van der Waals surface area contributed by atoms with Gasteiger partial charge in [-0.3, -0.25) is 0 Å². The van der Waals surface area contributed by atoms with Gasteiger partial charge in [0.05, 0.1) is 6.10 Å². The van der Waals surface area contributed by atoms with Gasteiger partial charge in [0.2, 0.25) is 0 Å². The summed E-state index contributed by atoms with van der Waals surface area (Å²) in [6.45, 7) is 2.27. The molecule has 0 aromatic carbocycles. The van der Waals surface area contributed by atoms with Crippen molar-refractivity contribution in [1.29, 1.82) is 0 Å². The molecule has 2 unspecified atom stereocenters. The van der Waals surface area contributed by atoms with Crippen molar-refractivity contribution >= 4 is 0 Å². The third-order valence-corrected chi connectivity index (χ3v) is 5.31. The quantitative estimate of drug-likeness (QED) is 0.805. The van der Waals surface area contributed by atoms with Crippen molar-refractivity contribution in [2.24, 2.45) is 5.92 Å². The minimum Gasteiger partial charge on any atom is -0.378 e. The molecule has 0 aromatic heterocycles. The summed E-state index contributed by atoms with van der Waals surface area (Å²) in [6, 6.07) is 0. The van der Waals surface area contributed by atoms with Crippen LogP contribution in [-0.2, 0) is 4.74 Å². The second-order valence-corrected chi connectivity index (χ2v) is 6.70. The minimum absolute atomic E-state index is 0.523. The maximum absolute atomic E-state index is 5.76. The van der Waals surface area contributed by atoms with Crippen molar-refractivity contribution in [2.45, 2.75) is 82.3 Å². The second-order valence-electron chi connectivity index (χ2n) is 6.70. The van der Waals surface area contributed by atoms with E-state index in [9.17, 15) is 0 Å². The molecule has 3 rings (SSSR count). The van der Waals surface area contributed by atoms with Crippen molar-refractivity contribution < 1.29 is 4.74 Å². The van der Waals surface area contributed by atoms with Crippen LogP contribution in [-0.4, -0.2) is 24.8 Å². The van der Waals surface area contributed by atoms with Crippen molar-refractivity contribution in [3.05, 3.63) is 0 Å². The van der Waals surface area contributed by atoms with Gasteiger partial charge >= 0.3 is 0 Å². The standard InChI is InChI=1S/C16H29NO/c1-2-10-16(14-8-9-14,17-12-3-1)11-4-6-15-7-5-13-18-15/h14-15,17H,1-13H2. The van der Waals surface area contributed by atoms with Crippen molar-refractivity contribution in [2.75, 3.05) is 13.2 Å². The lowest BCUT2D eigenvalue weighted by Gasteiger charge is -2.35. The van der Waals surface area contributed by atoms with Crippen LogP contribution in [0.15, 0.2) is 0 Å². The Labute approximate surface area is 112 Å². The molecule has 0 spiro atoms. The third kappa shape index (κ3) is 3.08. The van der Waals surface area contributed by atoms with Crippen LogP contribution in [0.4, 0.5) is 0 Å². The van der Waals surface area contributed by atoms with E-state index in [0.717, 1.165) is 12.5 Å². The van der Waals surface area contributed by atoms with Crippen molar-refractivity contribution in [3.8, 4) is 0 Å². The normalized spacial score (nSPS) is 37.7. The van der Waals surface area contributed by atoms with Gasteiger partial charge in [0.15, 0.2) is 0 Å². The Morgan fingerprint density at radius 2 is 2.00 bits per heavy atom. The molecule has 1 saturated carbocycles. The van der Waals surface area contributed by atoms with Crippen LogP contribution in [0.1, 0.15) is 70.6 Å². The van der Waals surface area contributed by atoms with Crippen LogP contribution in [0.5, 0.6) is 0 Å². The largest absolute Gasteiger partial charge is 0.378 e. The van der Waals surface area contributed by atoms with Crippen LogP contribution in [0.3, 0.4) is 0 Å². The Balaban J connectivity index is 1.49. The van der Waals surface area contributed by atoms with E-state index in [4.69, 9.17) is 4.74 Å². The molecule has 2 aliphatic heterocycles. The zero-order valence-corrected chi connectivity index (χ0v) is 11.8. The first-order chi connectivity index (χ1) is 8.89. The Hall–Kier alpha value is -0.0800. The maximum atomic E-state index is 5.76. The van der Waals surface area contributed by atoms with Gasteiger partial charge in [-0.1, -0.05) is 12.8 Å². The Kier molecular flexibility index (Phi) is 4.25. The van der Waals surface area contributed by atoms with E-state index in [1.54, 1.807) is 0 Å². The van der Waals surface area contributed by atoms with Gasteiger partial charge in [-0.05, 0) is 70.3 Å². The van der Waals surface area contributed by atoms with Crippen LogP contribution in [0, 0.1) is 5.92 Å². The SMILES string of the molecule is C1CCNC(CCCC2CCCO2)(C2CC2)CC1. The van der Waals surface area contributed by atoms with Crippen LogP contribution < -0.4 is 5.32 Å². The van der Waals surface area contributed by atoms with E-state index >= 15 is 0 Å². The Morgan fingerprint density at radius 3 is 2.78 bits per heavy atom. The lowest BCUT2D eigenvalue weighted by Crippen LogP contribution is -2.46. The topological polar surface area (TPSA) is 21.3 Å². The fourth-order valence-corrected chi connectivity index (χ4v) is 4.09. The van der Waals surface area contributed by atoms with E-state index in [1.165, 1.54) is 77.2 Å². The summed E-state index contributed by atoms with van der Waals surface area (Å²) in [5.74, 6) is 1.00. The summed E-state index contributed by atoms with van der Waals surface area (Å²) in [4.78, 5) is 0. The predicted octanol–water partition coefficient (Wildman–Crippen LogP) is 3.65. The minimum atomic E-state index is 0.523. The Morgan fingerprint density at radius 1 is 1.06 bits per heavy atom. The zero-order chi connectivity index (χ0) is 12.3. The van der Waals surface area contributed by atoms with Gasteiger partial charge in [0.25, 0.3) is 0 Å². The molecule has 0 bridgehead atoms. The van der Waals surface area contributed by atoms with E-state index < -0.39 is 0 Å². The average Bonchev–Trinajstić information content (AvgIpc) is 3.15. The zero-order valence-electron chi connectivity index (χ0n) is 11.8. The molecule has 2 nitrogen and oxygen atoms in total. The molecule has 1 aliphatic carbocycles. The Bertz CT molecular complexity index is 248. The molecule has 2 saturated heterocycles. The van der Waals surface area contributed by atoms with Crippen LogP contribution >= 0.6 is 0 Å².